The van der Waals surface area contributed by atoms with Crippen molar-refractivity contribution in [2.45, 2.75) is 44.2 Å². The predicted octanol–water partition coefficient (Wildman–Crippen LogP) is 2.48. The van der Waals surface area contributed by atoms with E-state index >= 15 is 0 Å². The Balaban J connectivity index is 1.60. The Hall–Kier alpha value is -1.69. The summed E-state index contributed by atoms with van der Waals surface area (Å²) in [4.78, 5) is 40.7. The lowest BCUT2D eigenvalue weighted by Gasteiger charge is -2.27. The topological polar surface area (TPSA) is 57.7 Å². The van der Waals surface area contributed by atoms with Crippen LogP contribution in [0, 0.1) is 5.92 Å². The Bertz CT molecular complexity index is 680. The normalized spacial score (nSPS) is 24.2. The third-order valence-electron chi connectivity index (χ3n) is 4.66. The first-order chi connectivity index (χ1) is 11.1. The molecule has 1 aromatic carbocycles. The second-order valence-electron chi connectivity index (χ2n) is 6.51. The Morgan fingerprint density at radius 3 is 2.30 bits per heavy atom. The SMILES string of the molecule is O=C1CC(N(C(=O)C2CC2)C2CC2)C(=O)N1c1ccc(Br)cc1. The van der Waals surface area contributed by atoms with Crippen LogP contribution in [0.5, 0.6) is 0 Å². The number of halogens is 1. The van der Waals surface area contributed by atoms with Crippen molar-refractivity contribution < 1.29 is 14.4 Å². The molecule has 0 aromatic heterocycles. The molecule has 6 heteroatoms. The Morgan fingerprint density at radius 2 is 1.74 bits per heavy atom. The van der Waals surface area contributed by atoms with Crippen LogP contribution in [-0.2, 0) is 14.4 Å². The molecule has 3 amide bonds. The summed E-state index contributed by atoms with van der Waals surface area (Å²) in [5, 5.41) is 0. The number of rotatable bonds is 4. The van der Waals surface area contributed by atoms with Gasteiger partial charge in [-0.05, 0) is 49.9 Å². The highest BCUT2D eigenvalue weighted by Crippen LogP contribution is 2.39. The van der Waals surface area contributed by atoms with Crippen molar-refractivity contribution in [3.05, 3.63) is 28.7 Å². The summed E-state index contributed by atoms with van der Waals surface area (Å²) in [6, 6.07) is 6.62. The van der Waals surface area contributed by atoms with Gasteiger partial charge in [0.25, 0.3) is 5.91 Å². The van der Waals surface area contributed by atoms with Gasteiger partial charge in [-0.1, -0.05) is 15.9 Å². The van der Waals surface area contributed by atoms with E-state index < -0.39 is 6.04 Å². The number of carbonyl (C=O) groups excluding carboxylic acids is 3. The van der Waals surface area contributed by atoms with Crippen molar-refractivity contribution in [2.24, 2.45) is 5.92 Å². The van der Waals surface area contributed by atoms with E-state index in [2.05, 4.69) is 15.9 Å². The van der Waals surface area contributed by atoms with Gasteiger partial charge in [-0.25, -0.2) is 4.90 Å². The van der Waals surface area contributed by atoms with Crippen LogP contribution in [0.25, 0.3) is 0 Å². The van der Waals surface area contributed by atoms with E-state index in [1.807, 2.05) is 0 Å². The smallest absolute Gasteiger partial charge is 0.257 e. The standard InChI is InChI=1S/C17H17BrN2O3/c18-11-3-5-13(6-4-11)20-15(21)9-14(17(20)23)19(12-7-8-12)16(22)10-1-2-10/h3-6,10,12,14H,1-2,7-9H2. The minimum Gasteiger partial charge on any atom is -0.327 e. The number of carbonyl (C=O) groups is 3. The summed E-state index contributed by atoms with van der Waals surface area (Å²) in [5.74, 6) is -0.355. The molecule has 1 aliphatic heterocycles. The predicted molar refractivity (Wildman–Crippen MR) is 87.6 cm³/mol. The number of amides is 3. The van der Waals surface area contributed by atoms with E-state index in [4.69, 9.17) is 0 Å². The molecule has 1 heterocycles. The number of hydrogen-bond acceptors (Lipinski definition) is 3. The van der Waals surface area contributed by atoms with Gasteiger partial charge in [0.2, 0.25) is 11.8 Å². The van der Waals surface area contributed by atoms with Crippen LogP contribution in [0.15, 0.2) is 28.7 Å². The Morgan fingerprint density at radius 1 is 1.09 bits per heavy atom. The molecule has 0 N–H and O–H groups in total. The molecule has 2 aliphatic carbocycles. The zero-order valence-electron chi connectivity index (χ0n) is 12.6. The highest BCUT2D eigenvalue weighted by atomic mass is 79.9. The fraction of sp³-hybridized carbons (Fsp3) is 0.471. The minimum atomic E-state index is -0.619. The Labute approximate surface area is 142 Å². The van der Waals surface area contributed by atoms with Crippen molar-refractivity contribution in [1.29, 1.82) is 0 Å². The molecule has 0 spiro atoms. The molecule has 1 unspecified atom stereocenters. The number of hydrogen-bond donors (Lipinski definition) is 0. The van der Waals surface area contributed by atoms with Crippen LogP contribution in [0.2, 0.25) is 0 Å². The highest BCUT2D eigenvalue weighted by molar-refractivity contribution is 9.10. The van der Waals surface area contributed by atoms with E-state index in [0.717, 1.165) is 30.2 Å². The molecular weight excluding hydrogens is 360 g/mol. The summed E-state index contributed by atoms with van der Waals surface area (Å²) in [6.45, 7) is 0. The summed E-state index contributed by atoms with van der Waals surface area (Å²) in [5.41, 5.74) is 0.570. The van der Waals surface area contributed by atoms with Crippen LogP contribution < -0.4 is 4.90 Å². The maximum atomic E-state index is 12.8. The first kappa shape index (κ1) is 14.9. The van der Waals surface area contributed by atoms with Gasteiger partial charge >= 0.3 is 0 Å². The second-order valence-corrected chi connectivity index (χ2v) is 7.43. The first-order valence-electron chi connectivity index (χ1n) is 8.01. The monoisotopic (exact) mass is 376 g/mol. The largest absolute Gasteiger partial charge is 0.327 e. The molecule has 1 saturated heterocycles. The Kier molecular flexibility index (Phi) is 3.52. The van der Waals surface area contributed by atoms with Crippen molar-refractivity contribution in [3.8, 4) is 0 Å². The minimum absolute atomic E-state index is 0.0660. The quantitative estimate of drug-likeness (QED) is 0.758. The molecule has 23 heavy (non-hydrogen) atoms. The summed E-state index contributed by atoms with van der Waals surface area (Å²) in [7, 11) is 0. The second kappa shape index (κ2) is 5.44. The summed E-state index contributed by atoms with van der Waals surface area (Å²) >= 11 is 3.35. The van der Waals surface area contributed by atoms with Crippen molar-refractivity contribution in [3.63, 3.8) is 0 Å². The van der Waals surface area contributed by atoms with Gasteiger partial charge < -0.3 is 4.90 Å². The third-order valence-corrected chi connectivity index (χ3v) is 5.19. The van der Waals surface area contributed by atoms with Crippen LogP contribution in [-0.4, -0.2) is 34.7 Å². The maximum Gasteiger partial charge on any atom is 0.257 e. The molecule has 3 fully saturated rings. The van der Waals surface area contributed by atoms with E-state index in [9.17, 15) is 14.4 Å². The van der Waals surface area contributed by atoms with Crippen LogP contribution in [0.4, 0.5) is 5.69 Å². The number of benzene rings is 1. The number of anilines is 1. The van der Waals surface area contributed by atoms with Crippen molar-refractivity contribution >= 4 is 39.3 Å². The van der Waals surface area contributed by atoms with Gasteiger partial charge in [0.15, 0.2) is 0 Å². The van der Waals surface area contributed by atoms with Gasteiger partial charge in [0.05, 0.1) is 12.1 Å². The lowest BCUT2D eigenvalue weighted by molar-refractivity contribution is -0.140. The van der Waals surface area contributed by atoms with Gasteiger partial charge in [0, 0.05) is 16.4 Å². The molecule has 1 atom stereocenters. The summed E-state index contributed by atoms with van der Waals surface area (Å²) in [6.07, 6.45) is 3.80. The van der Waals surface area contributed by atoms with Crippen LogP contribution in [0.3, 0.4) is 0 Å². The molecule has 2 saturated carbocycles. The first-order valence-corrected chi connectivity index (χ1v) is 8.80. The highest BCUT2D eigenvalue weighted by Gasteiger charge is 2.50. The molecule has 0 bridgehead atoms. The average molecular weight is 377 g/mol. The lowest BCUT2D eigenvalue weighted by Crippen LogP contribution is -2.47. The van der Waals surface area contributed by atoms with Crippen LogP contribution in [0.1, 0.15) is 32.1 Å². The lowest BCUT2D eigenvalue weighted by atomic mass is 10.1. The molecule has 1 aromatic rings. The molecule has 0 radical (unpaired) electrons. The van der Waals surface area contributed by atoms with Crippen molar-refractivity contribution in [1.82, 2.24) is 4.90 Å². The van der Waals surface area contributed by atoms with Gasteiger partial charge in [-0.3, -0.25) is 14.4 Å². The van der Waals surface area contributed by atoms with E-state index in [1.54, 1.807) is 29.2 Å². The summed E-state index contributed by atoms with van der Waals surface area (Å²) < 4.78 is 0.889. The van der Waals surface area contributed by atoms with E-state index in [1.165, 1.54) is 4.90 Å². The zero-order chi connectivity index (χ0) is 16.1. The molecule has 3 aliphatic rings. The van der Waals surface area contributed by atoms with Gasteiger partial charge in [0.1, 0.15) is 6.04 Å². The number of nitrogens with zero attached hydrogens (tertiary/aromatic N) is 2. The number of imide groups is 1. The molecule has 5 nitrogen and oxygen atoms in total. The van der Waals surface area contributed by atoms with Crippen molar-refractivity contribution in [2.75, 3.05) is 4.90 Å². The van der Waals surface area contributed by atoms with E-state index in [-0.39, 0.29) is 36.1 Å². The fourth-order valence-electron chi connectivity index (χ4n) is 3.18. The van der Waals surface area contributed by atoms with E-state index in [0.29, 0.717) is 5.69 Å². The fourth-order valence-corrected chi connectivity index (χ4v) is 3.44. The zero-order valence-corrected chi connectivity index (χ0v) is 14.2. The average Bonchev–Trinajstić information content (AvgIpc) is 3.41. The molecule has 120 valence electrons. The van der Waals surface area contributed by atoms with Crippen LogP contribution >= 0.6 is 15.9 Å². The molecular formula is C17H17BrN2O3. The molecule has 4 rings (SSSR count). The third kappa shape index (κ3) is 2.69. The maximum absolute atomic E-state index is 12.8. The van der Waals surface area contributed by atoms with Gasteiger partial charge in [-0.15, -0.1) is 0 Å². The van der Waals surface area contributed by atoms with Gasteiger partial charge in [-0.2, -0.15) is 0 Å².